The third-order valence-corrected chi connectivity index (χ3v) is 4.30. The molecule has 0 atom stereocenters. The van der Waals surface area contributed by atoms with Crippen molar-refractivity contribution in [1.29, 1.82) is 0 Å². The average Bonchev–Trinajstić information content (AvgIpc) is 3.10. The van der Waals surface area contributed by atoms with Crippen molar-refractivity contribution in [2.45, 2.75) is 26.7 Å². The van der Waals surface area contributed by atoms with E-state index in [-0.39, 0.29) is 5.91 Å². The van der Waals surface area contributed by atoms with Crippen LogP contribution in [0.1, 0.15) is 23.2 Å². The monoisotopic (exact) mass is 355 g/mol. The lowest BCUT2D eigenvalue weighted by Gasteiger charge is -2.13. The normalized spacial score (nSPS) is 10.8. The highest BCUT2D eigenvalue weighted by atomic mass is 16.5. The fourth-order valence-corrected chi connectivity index (χ4v) is 2.91. The summed E-state index contributed by atoms with van der Waals surface area (Å²) in [7, 11) is 3.14. The highest BCUT2D eigenvalue weighted by Gasteiger charge is 2.14. The summed E-state index contributed by atoms with van der Waals surface area (Å²) in [6.45, 7) is 3.89. The van der Waals surface area contributed by atoms with E-state index in [9.17, 15) is 4.79 Å². The Morgan fingerprint density at radius 3 is 2.77 bits per heavy atom. The average molecular weight is 355 g/mol. The molecule has 0 bridgehead atoms. The van der Waals surface area contributed by atoms with Gasteiger partial charge in [0.1, 0.15) is 17.8 Å². The van der Waals surface area contributed by atoms with Crippen molar-refractivity contribution in [3.63, 3.8) is 0 Å². The standard InChI is InChI=1S/C18H21N5O3/c1-11-14(12(2)22-23-10-19-21-18(11)23)6-8-17(24)20-15-9-13(25-3)5-7-16(15)26-4/h5,7,9-10H,6,8H2,1-4H3,(H,20,24). The molecule has 0 saturated heterocycles. The van der Waals surface area contributed by atoms with E-state index in [0.29, 0.717) is 35.7 Å². The molecule has 0 aliphatic rings. The summed E-state index contributed by atoms with van der Waals surface area (Å²) in [6, 6.07) is 5.27. The number of rotatable bonds is 6. The number of aromatic nitrogens is 4. The van der Waals surface area contributed by atoms with Crippen LogP contribution in [0, 0.1) is 13.8 Å². The van der Waals surface area contributed by atoms with Crippen molar-refractivity contribution in [3.8, 4) is 11.5 Å². The quantitative estimate of drug-likeness (QED) is 0.730. The number of carbonyl (C=O) groups excluding carboxylic acids is 1. The molecule has 0 radical (unpaired) electrons. The second-order valence-corrected chi connectivity index (χ2v) is 5.90. The van der Waals surface area contributed by atoms with Crippen LogP contribution < -0.4 is 14.8 Å². The first kappa shape index (κ1) is 17.7. The van der Waals surface area contributed by atoms with Crippen molar-refractivity contribution in [2.75, 3.05) is 19.5 Å². The molecule has 3 rings (SSSR count). The van der Waals surface area contributed by atoms with Crippen LogP contribution in [0.3, 0.4) is 0 Å². The van der Waals surface area contributed by atoms with Gasteiger partial charge in [-0.3, -0.25) is 4.79 Å². The molecule has 0 fully saturated rings. The van der Waals surface area contributed by atoms with Crippen molar-refractivity contribution < 1.29 is 14.3 Å². The Hall–Kier alpha value is -3.16. The molecule has 0 saturated carbocycles. The third-order valence-electron chi connectivity index (χ3n) is 4.30. The minimum absolute atomic E-state index is 0.114. The van der Waals surface area contributed by atoms with Gasteiger partial charge in [-0.15, -0.1) is 10.2 Å². The van der Waals surface area contributed by atoms with E-state index >= 15 is 0 Å². The number of aryl methyl sites for hydroxylation is 2. The maximum absolute atomic E-state index is 12.4. The number of nitrogens with one attached hydrogen (secondary N) is 1. The minimum Gasteiger partial charge on any atom is -0.497 e. The van der Waals surface area contributed by atoms with E-state index in [2.05, 4.69) is 20.6 Å². The molecular formula is C18H21N5O3. The second-order valence-electron chi connectivity index (χ2n) is 5.90. The molecule has 1 aromatic carbocycles. The topological polar surface area (TPSA) is 90.6 Å². The van der Waals surface area contributed by atoms with Crippen molar-refractivity contribution in [3.05, 3.63) is 41.3 Å². The lowest BCUT2D eigenvalue weighted by atomic mass is 10.0. The van der Waals surface area contributed by atoms with Gasteiger partial charge in [-0.05, 0) is 38.0 Å². The van der Waals surface area contributed by atoms with Gasteiger partial charge in [0, 0.05) is 18.1 Å². The Bertz CT molecular complexity index is 951. The number of methoxy groups -OCH3 is 2. The number of hydrogen-bond donors (Lipinski definition) is 1. The van der Waals surface area contributed by atoms with Crippen LogP contribution in [0.4, 0.5) is 5.69 Å². The minimum atomic E-state index is -0.114. The van der Waals surface area contributed by atoms with E-state index in [1.165, 1.54) is 0 Å². The SMILES string of the molecule is COc1ccc(OC)c(NC(=O)CCc2c(C)nn3cnnc3c2C)c1. The fourth-order valence-electron chi connectivity index (χ4n) is 2.91. The summed E-state index contributed by atoms with van der Waals surface area (Å²) in [5, 5.41) is 15.3. The Morgan fingerprint density at radius 1 is 1.23 bits per heavy atom. The highest BCUT2D eigenvalue weighted by molar-refractivity contribution is 5.92. The molecule has 26 heavy (non-hydrogen) atoms. The molecule has 8 heteroatoms. The zero-order valence-corrected chi connectivity index (χ0v) is 15.2. The molecule has 0 spiro atoms. The van der Waals surface area contributed by atoms with E-state index in [0.717, 1.165) is 16.8 Å². The summed E-state index contributed by atoms with van der Waals surface area (Å²) < 4.78 is 12.1. The summed E-state index contributed by atoms with van der Waals surface area (Å²) in [4.78, 5) is 12.4. The molecule has 2 heterocycles. The summed E-state index contributed by atoms with van der Waals surface area (Å²) >= 11 is 0. The summed E-state index contributed by atoms with van der Waals surface area (Å²) in [5.74, 6) is 1.11. The van der Waals surface area contributed by atoms with E-state index in [1.54, 1.807) is 43.3 Å². The van der Waals surface area contributed by atoms with Crippen molar-refractivity contribution in [1.82, 2.24) is 19.8 Å². The summed E-state index contributed by atoms with van der Waals surface area (Å²) in [6.07, 6.45) is 2.45. The van der Waals surface area contributed by atoms with Crippen molar-refractivity contribution in [2.24, 2.45) is 0 Å². The first-order valence-corrected chi connectivity index (χ1v) is 8.21. The Labute approximate surface area is 151 Å². The van der Waals surface area contributed by atoms with Crippen LogP contribution in [-0.2, 0) is 11.2 Å². The molecule has 0 aliphatic carbocycles. The number of anilines is 1. The lowest BCUT2D eigenvalue weighted by molar-refractivity contribution is -0.116. The van der Waals surface area contributed by atoms with Crippen LogP contribution in [0.25, 0.3) is 5.65 Å². The van der Waals surface area contributed by atoms with Gasteiger partial charge in [0.2, 0.25) is 5.91 Å². The molecule has 0 aliphatic heterocycles. The largest absolute Gasteiger partial charge is 0.497 e. The third kappa shape index (κ3) is 3.44. The zero-order valence-electron chi connectivity index (χ0n) is 15.2. The first-order chi connectivity index (χ1) is 12.5. The molecule has 3 aromatic rings. The van der Waals surface area contributed by atoms with Crippen LogP contribution in [0.5, 0.6) is 11.5 Å². The number of fused-ring (bicyclic) bond motifs is 1. The van der Waals surface area contributed by atoms with Crippen LogP contribution in [0.15, 0.2) is 24.5 Å². The van der Waals surface area contributed by atoms with Gasteiger partial charge in [-0.1, -0.05) is 0 Å². The van der Waals surface area contributed by atoms with Gasteiger partial charge < -0.3 is 14.8 Å². The van der Waals surface area contributed by atoms with E-state index in [4.69, 9.17) is 9.47 Å². The van der Waals surface area contributed by atoms with Gasteiger partial charge >= 0.3 is 0 Å². The summed E-state index contributed by atoms with van der Waals surface area (Å²) in [5.41, 5.74) is 4.15. The number of carbonyl (C=O) groups is 1. The van der Waals surface area contributed by atoms with Crippen molar-refractivity contribution >= 4 is 17.2 Å². The maximum atomic E-state index is 12.4. The van der Waals surface area contributed by atoms with Crippen LogP contribution in [0.2, 0.25) is 0 Å². The van der Waals surface area contributed by atoms with Gasteiger partial charge in [0.15, 0.2) is 5.65 Å². The van der Waals surface area contributed by atoms with E-state index < -0.39 is 0 Å². The molecule has 1 N–H and O–H groups in total. The number of hydrogen-bond acceptors (Lipinski definition) is 6. The molecule has 0 unspecified atom stereocenters. The Kier molecular flexibility index (Phi) is 5.01. The number of nitrogens with zero attached hydrogens (tertiary/aromatic N) is 4. The van der Waals surface area contributed by atoms with Gasteiger partial charge in [0.05, 0.1) is 25.6 Å². The molecule has 1 amide bonds. The zero-order chi connectivity index (χ0) is 18.7. The molecule has 136 valence electrons. The maximum Gasteiger partial charge on any atom is 0.224 e. The Morgan fingerprint density at radius 2 is 2.04 bits per heavy atom. The van der Waals surface area contributed by atoms with Crippen LogP contribution >= 0.6 is 0 Å². The number of benzene rings is 1. The molecular weight excluding hydrogens is 334 g/mol. The number of amides is 1. The van der Waals surface area contributed by atoms with Gasteiger partial charge in [0.25, 0.3) is 0 Å². The predicted molar refractivity (Wildman–Crippen MR) is 96.8 cm³/mol. The van der Waals surface area contributed by atoms with Gasteiger partial charge in [-0.2, -0.15) is 5.10 Å². The van der Waals surface area contributed by atoms with Crippen LogP contribution in [-0.4, -0.2) is 39.9 Å². The highest BCUT2D eigenvalue weighted by Crippen LogP contribution is 2.29. The first-order valence-electron chi connectivity index (χ1n) is 8.21. The predicted octanol–water partition coefficient (Wildman–Crippen LogP) is 2.33. The fraction of sp³-hybridized carbons (Fsp3) is 0.333. The second kappa shape index (κ2) is 7.38. The lowest BCUT2D eigenvalue weighted by Crippen LogP contribution is -2.14. The van der Waals surface area contributed by atoms with Gasteiger partial charge in [-0.25, -0.2) is 4.52 Å². The van der Waals surface area contributed by atoms with E-state index in [1.807, 2.05) is 13.8 Å². The molecule has 2 aromatic heterocycles. The number of ether oxygens (including phenoxy) is 2. The Balaban J connectivity index is 1.74. The molecule has 8 nitrogen and oxygen atoms in total. The smallest absolute Gasteiger partial charge is 0.224 e.